The molecular weight excluding hydrogens is 214 g/mol. The number of carboxylic acids is 1. The molecule has 1 atom stereocenters. The van der Waals surface area contributed by atoms with Crippen LogP contribution in [-0.4, -0.2) is 17.6 Å². The molecule has 3 nitrogen and oxygen atoms in total. The highest BCUT2D eigenvalue weighted by Crippen LogP contribution is 2.15. The quantitative estimate of drug-likeness (QED) is 0.727. The number of benzene rings is 1. The van der Waals surface area contributed by atoms with Crippen LogP contribution in [0.25, 0.3) is 0 Å². The van der Waals surface area contributed by atoms with Gasteiger partial charge in [0.15, 0.2) is 0 Å². The van der Waals surface area contributed by atoms with Crippen LogP contribution in [0.1, 0.15) is 31.2 Å². The van der Waals surface area contributed by atoms with Crippen LogP contribution >= 0.6 is 0 Å². The number of hydrogen-bond donors (Lipinski definition) is 2. The Balaban J connectivity index is 2.29. The Bertz CT molecular complexity index is 324. The summed E-state index contributed by atoms with van der Waals surface area (Å²) in [4.78, 5) is 11.0. The zero-order valence-corrected chi connectivity index (χ0v) is 10.1. The zero-order chi connectivity index (χ0) is 12.5. The van der Waals surface area contributed by atoms with Gasteiger partial charge in [-0.2, -0.15) is 0 Å². The molecule has 0 fully saturated rings. The average molecular weight is 235 g/mol. The number of aliphatic carboxylic acids is 1. The Morgan fingerprint density at radius 3 is 2.41 bits per heavy atom. The summed E-state index contributed by atoms with van der Waals surface area (Å²) in [6.45, 7) is 0.572. The van der Waals surface area contributed by atoms with Crippen LogP contribution in [0.3, 0.4) is 0 Å². The third-order valence-corrected chi connectivity index (χ3v) is 2.97. The second-order valence-corrected chi connectivity index (χ2v) is 4.34. The van der Waals surface area contributed by atoms with E-state index < -0.39 is 5.97 Å². The van der Waals surface area contributed by atoms with Crippen LogP contribution in [-0.2, 0) is 11.2 Å². The first-order valence-electron chi connectivity index (χ1n) is 6.21. The second kappa shape index (κ2) is 7.85. The first kappa shape index (κ1) is 13.7. The van der Waals surface area contributed by atoms with Crippen molar-refractivity contribution in [1.29, 1.82) is 0 Å². The fourth-order valence-corrected chi connectivity index (χ4v) is 1.95. The molecule has 94 valence electrons. The Labute approximate surface area is 103 Å². The van der Waals surface area contributed by atoms with Gasteiger partial charge < -0.3 is 10.8 Å². The molecule has 0 aliphatic rings. The van der Waals surface area contributed by atoms with Crippen LogP contribution in [0.4, 0.5) is 0 Å². The standard InChI is InChI=1S/C14H21NO2/c15-11-5-10-13(14(16)17)9-4-8-12-6-2-1-3-7-12/h1-3,6-7,13H,4-5,8-11,15H2,(H,16,17). The minimum Gasteiger partial charge on any atom is -0.481 e. The van der Waals surface area contributed by atoms with E-state index in [2.05, 4.69) is 12.1 Å². The van der Waals surface area contributed by atoms with Crippen LogP contribution in [0.15, 0.2) is 30.3 Å². The molecular formula is C14H21NO2. The van der Waals surface area contributed by atoms with E-state index in [4.69, 9.17) is 10.8 Å². The topological polar surface area (TPSA) is 63.3 Å². The molecule has 0 heterocycles. The summed E-state index contributed by atoms with van der Waals surface area (Å²) < 4.78 is 0. The van der Waals surface area contributed by atoms with E-state index >= 15 is 0 Å². The fourth-order valence-electron chi connectivity index (χ4n) is 1.95. The second-order valence-electron chi connectivity index (χ2n) is 4.34. The number of rotatable bonds is 8. The molecule has 0 aliphatic heterocycles. The van der Waals surface area contributed by atoms with Crippen LogP contribution in [0.5, 0.6) is 0 Å². The highest BCUT2D eigenvalue weighted by molar-refractivity contribution is 5.69. The minimum absolute atomic E-state index is 0.234. The maximum atomic E-state index is 11.0. The molecule has 3 heteroatoms. The lowest BCUT2D eigenvalue weighted by Crippen LogP contribution is -2.15. The number of nitrogens with two attached hydrogens (primary N) is 1. The third kappa shape index (κ3) is 5.50. The highest BCUT2D eigenvalue weighted by atomic mass is 16.4. The number of aryl methyl sites for hydroxylation is 1. The largest absolute Gasteiger partial charge is 0.481 e. The minimum atomic E-state index is -0.688. The maximum absolute atomic E-state index is 11.0. The first-order chi connectivity index (χ1) is 8.24. The smallest absolute Gasteiger partial charge is 0.306 e. The van der Waals surface area contributed by atoms with E-state index in [0.29, 0.717) is 13.0 Å². The first-order valence-corrected chi connectivity index (χ1v) is 6.21. The highest BCUT2D eigenvalue weighted by Gasteiger charge is 2.15. The van der Waals surface area contributed by atoms with Crippen molar-refractivity contribution in [3.05, 3.63) is 35.9 Å². The van der Waals surface area contributed by atoms with Gasteiger partial charge in [0.1, 0.15) is 0 Å². The van der Waals surface area contributed by atoms with Crippen LogP contribution < -0.4 is 5.73 Å². The van der Waals surface area contributed by atoms with E-state index in [9.17, 15) is 4.79 Å². The van der Waals surface area contributed by atoms with Gasteiger partial charge in [0.2, 0.25) is 0 Å². The van der Waals surface area contributed by atoms with E-state index in [0.717, 1.165) is 25.7 Å². The Kier molecular flexibility index (Phi) is 6.33. The van der Waals surface area contributed by atoms with Gasteiger partial charge in [-0.15, -0.1) is 0 Å². The number of hydrogen-bond acceptors (Lipinski definition) is 2. The monoisotopic (exact) mass is 235 g/mol. The van der Waals surface area contributed by atoms with E-state index in [1.165, 1.54) is 5.56 Å². The van der Waals surface area contributed by atoms with Gasteiger partial charge in [-0.05, 0) is 44.2 Å². The van der Waals surface area contributed by atoms with Crippen molar-refractivity contribution < 1.29 is 9.90 Å². The predicted molar refractivity (Wildman–Crippen MR) is 68.8 cm³/mol. The summed E-state index contributed by atoms with van der Waals surface area (Å²) in [5.41, 5.74) is 6.68. The molecule has 0 aromatic heterocycles. The lowest BCUT2D eigenvalue weighted by Gasteiger charge is -2.11. The Morgan fingerprint density at radius 1 is 1.18 bits per heavy atom. The van der Waals surface area contributed by atoms with Gasteiger partial charge in [0, 0.05) is 0 Å². The zero-order valence-electron chi connectivity index (χ0n) is 10.1. The Morgan fingerprint density at radius 2 is 1.82 bits per heavy atom. The molecule has 0 amide bonds. The van der Waals surface area contributed by atoms with Crippen molar-refractivity contribution in [1.82, 2.24) is 0 Å². The predicted octanol–water partition coefficient (Wildman–Crippen LogP) is 2.45. The molecule has 0 saturated carbocycles. The molecule has 0 radical (unpaired) electrons. The van der Waals surface area contributed by atoms with Gasteiger partial charge in [-0.3, -0.25) is 4.79 Å². The SMILES string of the molecule is NCCCC(CCCc1ccccc1)C(=O)O. The average Bonchev–Trinajstić information content (AvgIpc) is 2.34. The van der Waals surface area contributed by atoms with Gasteiger partial charge in [-0.1, -0.05) is 30.3 Å². The maximum Gasteiger partial charge on any atom is 0.306 e. The van der Waals surface area contributed by atoms with Crippen molar-refractivity contribution in [3.8, 4) is 0 Å². The molecule has 17 heavy (non-hydrogen) atoms. The lowest BCUT2D eigenvalue weighted by molar-refractivity contribution is -0.142. The summed E-state index contributed by atoms with van der Waals surface area (Å²) in [7, 11) is 0. The summed E-state index contributed by atoms with van der Waals surface area (Å²) in [6, 6.07) is 10.2. The Hall–Kier alpha value is -1.35. The molecule has 0 bridgehead atoms. The van der Waals surface area contributed by atoms with Gasteiger partial charge in [-0.25, -0.2) is 0 Å². The number of carboxylic acid groups (broad SMARTS) is 1. The fraction of sp³-hybridized carbons (Fsp3) is 0.500. The summed E-state index contributed by atoms with van der Waals surface area (Å²) >= 11 is 0. The summed E-state index contributed by atoms with van der Waals surface area (Å²) in [6.07, 6.45) is 4.10. The molecule has 1 aromatic rings. The van der Waals surface area contributed by atoms with Crippen LogP contribution in [0.2, 0.25) is 0 Å². The number of carbonyl (C=O) groups is 1. The molecule has 0 saturated heterocycles. The molecule has 0 aliphatic carbocycles. The van der Waals surface area contributed by atoms with Crippen molar-refractivity contribution in [3.63, 3.8) is 0 Å². The summed E-state index contributed by atoms with van der Waals surface area (Å²) in [5.74, 6) is -0.922. The molecule has 1 unspecified atom stereocenters. The lowest BCUT2D eigenvalue weighted by atomic mass is 9.95. The van der Waals surface area contributed by atoms with Gasteiger partial charge >= 0.3 is 5.97 Å². The van der Waals surface area contributed by atoms with E-state index in [-0.39, 0.29) is 5.92 Å². The van der Waals surface area contributed by atoms with Crippen molar-refractivity contribution in [2.24, 2.45) is 11.7 Å². The van der Waals surface area contributed by atoms with Gasteiger partial charge in [0.05, 0.1) is 5.92 Å². The third-order valence-electron chi connectivity index (χ3n) is 2.97. The molecule has 1 aromatic carbocycles. The normalized spacial score (nSPS) is 12.3. The van der Waals surface area contributed by atoms with Crippen LogP contribution in [0, 0.1) is 5.92 Å². The molecule has 0 spiro atoms. The van der Waals surface area contributed by atoms with Gasteiger partial charge in [0.25, 0.3) is 0 Å². The van der Waals surface area contributed by atoms with Crippen molar-refractivity contribution in [2.45, 2.75) is 32.1 Å². The van der Waals surface area contributed by atoms with E-state index in [1.807, 2.05) is 18.2 Å². The van der Waals surface area contributed by atoms with E-state index in [1.54, 1.807) is 0 Å². The molecule has 3 N–H and O–H groups in total. The van der Waals surface area contributed by atoms with Crippen molar-refractivity contribution >= 4 is 5.97 Å². The summed E-state index contributed by atoms with van der Waals surface area (Å²) in [5, 5.41) is 9.06. The molecule has 1 rings (SSSR count). The van der Waals surface area contributed by atoms with Crippen molar-refractivity contribution in [2.75, 3.05) is 6.54 Å².